The molecule has 0 aliphatic rings. The molecule has 0 atom stereocenters. The fourth-order valence-electron chi connectivity index (χ4n) is 8.22. The first kappa shape index (κ1) is 30.1. The predicted molar refractivity (Wildman–Crippen MR) is 221 cm³/mol. The largest absolute Gasteiger partial charge is 0.309 e. The Morgan fingerprint density at radius 1 is 0.389 bits per heavy atom. The Hall–Kier alpha value is -7.55. The second kappa shape index (κ2) is 11.7. The van der Waals surface area contributed by atoms with Crippen LogP contribution in [0.1, 0.15) is 5.69 Å². The molecule has 5 nitrogen and oxygen atoms in total. The maximum absolute atomic E-state index is 10.1. The number of nitriles is 1. The zero-order chi connectivity index (χ0) is 35.8. The van der Waals surface area contributed by atoms with E-state index in [1.807, 2.05) is 30.3 Å². The summed E-state index contributed by atoms with van der Waals surface area (Å²) >= 11 is 0. The maximum Gasteiger partial charge on any atom is 0.236 e. The van der Waals surface area contributed by atoms with Crippen molar-refractivity contribution in [2.75, 3.05) is 0 Å². The van der Waals surface area contributed by atoms with Gasteiger partial charge in [0.1, 0.15) is 6.07 Å². The third kappa shape index (κ3) is 4.57. The Labute approximate surface area is 310 Å². The van der Waals surface area contributed by atoms with E-state index in [0.717, 1.165) is 55.0 Å². The molecule has 3 heterocycles. The van der Waals surface area contributed by atoms with Crippen LogP contribution in [0.25, 0.3) is 99.2 Å². The normalized spacial score (nSPS) is 11.7. The Kier molecular flexibility index (Phi) is 6.55. The van der Waals surface area contributed by atoms with Gasteiger partial charge in [-0.15, -0.1) is 0 Å². The van der Waals surface area contributed by atoms with Gasteiger partial charge in [-0.1, -0.05) is 115 Å². The van der Waals surface area contributed by atoms with Gasteiger partial charge in [-0.25, -0.2) is 9.97 Å². The lowest BCUT2D eigenvalue weighted by molar-refractivity contribution is 1.00. The number of rotatable bonds is 4. The molecule has 0 saturated heterocycles. The first-order chi connectivity index (χ1) is 26.7. The number of hydrogen-bond donors (Lipinski definition) is 0. The number of benzene rings is 8. The van der Waals surface area contributed by atoms with Crippen LogP contribution in [-0.2, 0) is 0 Å². The van der Waals surface area contributed by atoms with Crippen LogP contribution in [0.5, 0.6) is 0 Å². The summed E-state index contributed by atoms with van der Waals surface area (Å²) in [5.41, 5.74) is 11.1. The number of para-hydroxylation sites is 3. The molecule has 0 aliphatic carbocycles. The lowest BCUT2D eigenvalue weighted by atomic mass is 10.0. The first-order valence-corrected chi connectivity index (χ1v) is 18.1. The SMILES string of the molecule is N#Cc1nc(-n2c3ccccc3c3ccc(-c4ccc5c(c4)c4ccccc4n5-c4ccc(-c5ccc6ccccc6c5)cc4)cc32)nc2ccccc12. The minimum Gasteiger partial charge on any atom is -0.309 e. The van der Waals surface area contributed by atoms with E-state index in [-0.39, 0.29) is 0 Å². The molecular weight excluding hydrogens is 659 g/mol. The molecule has 11 rings (SSSR count). The molecule has 3 aromatic heterocycles. The summed E-state index contributed by atoms with van der Waals surface area (Å²) in [5.74, 6) is 0.485. The first-order valence-electron chi connectivity index (χ1n) is 18.1. The van der Waals surface area contributed by atoms with Gasteiger partial charge in [0.2, 0.25) is 5.95 Å². The van der Waals surface area contributed by atoms with Crippen LogP contribution in [-0.4, -0.2) is 19.1 Å². The number of aromatic nitrogens is 4. The van der Waals surface area contributed by atoms with Crippen LogP contribution >= 0.6 is 0 Å². The Balaban J connectivity index is 1.05. The van der Waals surface area contributed by atoms with Gasteiger partial charge in [-0.05, 0) is 93.7 Å². The van der Waals surface area contributed by atoms with Gasteiger partial charge < -0.3 is 4.57 Å². The lowest BCUT2D eigenvalue weighted by Crippen LogP contribution is -2.03. The molecule has 8 aromatic carbocycles. The summed E-state index contributed by atoms with van der Waals surface area (Å²) in [6, 6.07) is 64.4. The molecule has 0 fully saturated rings. The van der Waals surface area contributed by atoms with E-state index in [0.29, 0.717) is 11.6 Å². The van der Waals surface area contributed by atoms with Crippen LogP contribution in [0, 0.1) is 11.3 Å². The molecule has 0 amide bonds. The highest BCUT2D eigenvalue weighted by molar-refractivity contribution is 6.12. The topological polar surface area (TPSA) is 59.4 Å². The Bertz CT molecular complexity index is 3340. The predicted octanol–water partition coefficient (Wildman–Crippen LogP) is 12.2. The minimum absolute atomic E-state index is 0.364. The quantitative estimate of drug-likeness (QED) is 0.185. The molecule has 0 spiro atoms. The van der Waals surface area contributed by atoms with Gasteiger partial charge in [0.15, 0.2) is 5.69 Å². The number of fused-ring (bicyclic) bond motifs is 8. The van der Waals surface area contributed by atoms with Crippen LogP contribution in [0.4, 0.5) is 0 Å². The molecule has 0 aliphatic heterocycles. The summed E-state index contributed by atoms with van der Waals surface area (Å²) in [5, 5.41) is 17.9. The summed E-state index contributed by atoms with van der Waals surface area (Å²) in [4.78, 5) is 9.76. The van der Waals surface area contributed by atoms with E-state index < -0.39 is 0 Å². The van der Waals surface area contributed by atoms with Crippen molar-refractivity contribution in [3.05, 3.63) is 182 Å². The fourth-order valence-corrected chi connectivity index (χ4v) is 8.22. The molecule has 0 N–H and O–H groups in total. The van der Waals surface area contributed by atoms with Gasteiger partial charge in [0.05, 0.1) is 27.6 Å². The average molecular weight is 688 g/mol. The molecule has 250 valence electrons. The Morgan fingerprint density at radius 2 is 0.963 bits per heavy atom. The van der Waals surface area contributed by atoms with Crippen LogP contribution < -0.4 is 0 Å². The zero-order valence-electron chi connectivity index (χ0n) is 29.0. The van der Waals surface area contributed by atoms with E-state index in [9.17, 15) is 5.26 Å². The van der Waals surface area contributed by atoms with E-state index in [1.54, 1.807) is 0 Å². The molecule has 0 unspecified atom stereocenters. The van der Waals surface area contributed by atoms with E-state index in [2.05, 4.69) is 161 Å². The lowest BCUT2D eigenvalue weighted by Gasteiger charge is -2.11. The van der Waals surface area contributed by atoms with Gasteiger partial charge in [0, 0.05) is 32.6 Å². The van der Waals surface area contributed by atoms with Crippen molar-refractivity contribution in [1.29, 1.82) is 5.26 Å². The van der Waals surface area contributed by atoms with Crippen molar-refractivity contribution in [2.24, 2.45) is 0 Å². The van der Waals surface area contributed by atoms with Crippen molar-refractivity contribution in [2.45, 2.75) is 0 Å². The summed E-state index contributed by atoms with van der Waals surface area (Å²) in [6.45, 7) is 0. The number of nitrogens with zero attached hydrogens (tertiary/aromatic N) is 5. The van der Waals surface area contributed by atoms with Crippen molar-refractivity contribution >= 4 is 65.3 Å². The Morgan fingerprint density at radius 3 is 1.78 bits per heavy atom. The average Bonchev–Trinajstić information content (AvgIpc) is 3.75. The van der Waals surface area contributed by atoms with Crippen molar-refractivity contribution < 1.29 is 0 Å². The number of hydrogen-bond acceptors (Lipinski definition) is 3. The standard InChI is InChI=1S/C49H29N5/c50-30-44-41-13-3-6-14-43(41)51-49(52-44)54-46-16-8-4-11-38(46)40-25-21-36(29-48(40)54)35-22-26-47-42(28-35)39-12-5-7-15-45(39)53(47)37-23-19-32(20-24-37)34-18-17-31-9-1-2-10-33(31)27-34/h1-29H. The van der Waals surface area contributed by atoms with Gasteiger partial charge in [-0.2, -0.15) is 5.26 Å². The summed E-state index contributed by atoms with van der Waals surface area (Å²) in [7, 11) is 0. The fraction of sp³-hybridized carbons (Fsp3) is 0. The van der Waals surface area contributed by atoms with E-state index >= 15 is 0 Å². The van der Waals surface area contributed by atoms with E-state index in [4.69, 9.17) is 9.97 Å². The molecule has 0 radical (unpaired) electrons. The van der Waals surface area contributed by atoms with Gasteiger partial charge in [0.25, 0.3) is 0 Å². The highest BCUT2D eigenvalue weighted by Gasteiger charge is 2.18. The van der Waals surface area contributed by atoms with Crippen molar-refractivity contribution in [3.63, 3.8) is 0 Å². The molecular formula is C49H29N5. The van der Waals surface area contributed by atoms with Crippen LogP contribution in [0.2, 0.25) is 0 Å². The molecule has 54 heavy (non-hydrogen) atoms. The third-order valence-electron chi connectivity index (χ3n) is 10.8. The summed E-state index contributed by atoms with van der Waals surface area (Å²) in [6.07, 6.45) is 0. The van der Waals surface area contributed by atoms with Gasteiger partial charge >= 0.3 is 0 Å². The van der Waals surface area contributed by atoms with Crippen LogP contribution in [0.3, 0.4) is 0 Å². The molecule has 11 aromatic rings. The van der Waals surface area contributed by atoms with E-state index in [1.165, 1.54) is 38.2 Å². The minimum atomic E-state index is 0.364. The highest BCUT2D eigenvalue weighted by Crippen LogP contribution is 2.38. The third-order valence-corrected chi connectivity index (χ3v) is 10.8. The van der Waals surface area contributed by atoms with Crippen molar-refractivity contribution in [3.8, 4) is 40.0 Å². The summed E-state index contributed by atoms with van der Waals surface area (Å²) < 4.78 is 4.46. The maximum atomic E-state index is 10.1. The molecule has 0 saturated carbocycles. The van der Waals surface area contributed by atoms with Crippen LogP contribution in [0.15, 0.2) is 176 Å². The van der Waals surface area contributed by atoms with Gasteiger partial charge in [-0.3, -0.25) is 4.57 Å². The monoisotopic (exact) mass is 687 g/mol. The second-order valence-electron chi connectivity index (χ2n) is 13.8. The molecule has 0 bridgehead atoms. The zero-order valence-corrected chi connectivity index (χ0v) is 29.0. The highest BCUT2D eigenvalue weighted by atomic mass is 15.2. The smallest absolute Gasteiger partial charge is 0.236 e. The van der Waals surface area contributed by atoms with Crippen molar-refractivity contribution in [1.82, 2.24) is 19.1 Å². The second-order valence-corrected chi connectivity index (χ2v) is 13.8. The molecule has 5 heteroatoms.